The van der Waals surface area contributed by atoms with Gasteiger partial charge in [-0.05, 0) is 38.3 Å². The number of nitrogens with two attached hydrogens (primary N) is 1. The highest BCUT2D eigenvalue weighted by molar-refractivity contribution is 4.96. The summed E-state index contributed by atoms with van der Waals surface area (Å²) in [4.78, 5) is 2.68. The summed E-state index contributed by atoms with van der Waals surface area (Å²) >= 11 is 0. The van der Waals surface area contributed by atoms with E-state index >= 15 is 0 Å². The fourth-order valence-corrected chi connectivity index (χ4v) is 3.49. The highest BCUT2D eigenvalue weighted by atomic mass is 15.2. The lowest BCUT2D eigenvalue weighted by molar-refractivity contribution is 0.0377. The lowest BCUT2D eigenvalue weighted by atomic mass is 9.73. The third-order valence-corrected chi connectivity index (χ3v) is 4.71. The average molecular weight is 240 g/mol. The third-order valence-electron chi connectivity index (χ3n) is 4.71. The molecule has 1 saturated carbocycles. The van der Waals surface area contributed by atoms with Crippen LogP contribution in [0.2, 0.25) is 0 Å². The van der Waals surface area contributed by atoms with Gasteiger partial charge < -0.3 is 5.73 Å². The molecule has 102 valence electrons. The average Bonchev–Trinajstić information content (AvgIpc) is 2.39. The molecule has 1 rings (SSSR count). The lowest BCUT2D eigenvalue weighted by Gasteiger charge is -2.48. The molecule has 17 heavy (non-hydrogen) atoms. The minimum absolute atomic E-state index is 0.322. The van der Waals surface area contributed by atoms with Crippen LogP contribution in [0.5, 0.6) is 0 Å². The SMILES string of the molecule is CCCCN(CC)C1(CN)CCCC(CC)C1. The topological polar surface area (TPSA) is 29.3 Å². The molecule has 0 amide bonds. The Balaban J connectivity index is 2.69. The normalized spacial score (nSPS) is 29.8. The maximum atomic E-state index is 6.16. The van der Waals surface area contributed by atoms with Gasteiger partial charge in [0, 0.05) is 12.1 Å². The van der Waals surface area contributed by atoms with Gasteiger partial charge in [-0.15, -0.1) is 0 Å². The first-order valence-corrected chi connectivity index (χ1v) is 7.67. The quantitative estimate of drug-likeness (QED) is 0.739. The maximum Gasteiger partial charge on any atom is 0.0334 e. The van der Waals surface area contributed by atoms with Crippen molar-refractivity contribution < 1.29 is 0 Å². The highest BCUT2D eigenvalue weighted by Gasteiger charge is 2.38. The number of hydrogen-bond donors (Lipinski definition) is 1. The molecule has 0 spiro atoms. The summed E-state index contributed by atoms with van der Waals surface area (Å²) in [5.74, 6) is 0.906. The molecule has 2 atom stereocenters. The predicted octanol–water partition coefficient (Wildman–Crippen LogP) is 3.41. The number of likely N-dealkylation sites (N-methyl/N-ethyl adjacent to an activating group) is 1. The number of hydrogen-bond acceptors (Lipinski definition) is 2. The molecule has 0 bridgehead atoms. The van der Waals surface area contributed by atoms with Crippen molar-refractivity contribution in [1.29, 1.82) is 0 Å². The molecule has 0 aromatic heterocycles. The molecule has 2 N–H and O–H groups in total. The van der Waals surface area contributed by atoms with E-state index in [0.717, 1.165) is 19.0 Å². The van der Waals surface area contributed by atoms with Gasteiger partial charge in [0.25, 0.3) is 0 Å². The van der Waals surface area contributed by atoms with Gasteiger partial charge in [0.1, 0.15) is 0 Å². The van der Waals surface area contributed by atoms with Gasteiger partial charge in [-0.2, -0.15) is 0 Å². The second kappa shape index (κ2) is 7.38. The van der Waals surface area contributed by atoms with E-state index in [2.05, 4.69) is 25.7 Å². The molecule has 0 saturated heterocycles. The van der Waals surface area contributed by atoms with E-state index in [-0.39, 0.29) is 0 Å². The first kappa shape index (κ1) is 15.0. The van der Waals surface area contributed by atoms with Crippen molar-refractivity contribution in [3.8, 4) is 0 Å². The van der Waals surface area contributed by atoms with Crippen LogP contribution >= 0.6 is 0 Å². The number of unbranched alkanes of at least 4 members (excludes halogenated alkanes) is 1. The lowest BCUT2D eigenvalue weighted by Crippen LogP contribution is -2.56. The van der Waals surface area contributed by atoms with Crippen LogP contribution in [-0.4, -0.2) is 30.1 Å². The predicted molar refractivity (Wildman–Crippen MR) is 76.2 cm³/mol. The van der Waals surface area contributed by atoms with Crippen molar-refractivity contribution in [2.24, 2.45) is 11.7 Å². The molecule has 1 fully saturated rings. The van der Waals surface area contributed by atoms with Crippen LogP contribution in [-0.2, 0) is 0 Å². The van der Waals surface area contributed by atoms with Crippen LogP contribution in [0.15, 0.2) is 0 Å². The highest BCUT2D eigenvalue weighted by Crippen LogP contribution is 2.37. The van der Waals surface area contributed by atoms with Crippen LogP contribution in [0.3, 0.4) is 0 Å². The molecule has 0 aliphatic heterocycles. The summed E-state index contributed by atoms with van der Waals surface area (Å²) < 4.78 is 0. The molecule has 0 aromatic carbocycles. The maximum absolute atomic E-state index is 6.16. The van der Waals surface area contributed by atoms with E-state index in [4.69, 9.17) is 5.73 Å². The molecule has 1 aliphatic carbocycles. The van der Waals surface area contributed by atoms with Gasteiger partial charge in [-0.1, -0.05) is 46.5 Å². The largest absolute Gasteiger partial charge is 0.329 e. The Kier molecular flexibility index (Phi) is 6.50. The third kappa shape index (κ3) is 3.69. The van der Waals surface area contributed by atoms with E-state index in [1.165, 1.54) is 51.5 Å². The second-order valence-electron chi connectivity index (χ2n) is 5.73. The zero-order valence-electron chi connectivity index (χ0n) is 12.2. The van der Waals surface area contributed by atoms with Crippen molar-refractivity contribution in [3.05, 3.63) is 0 Å². The smallest absolute Gasteiger partial charge is 0.0334 e. The summed E-state index contributed by atoms with van der Waals surface area (Å²) in [5.41, 5.74) is 6.48. The zero-order chi connectivity index (χ0) is 12.7. The molecule has 0 aromatic rings. The first-order valence-electron chi connectivity index (χ1n) is 7.67. The molecule has 2 unspecified atom stereocenters. The molecule has 2 heteroatoms. The summed E-state index contributed by atoms with van der Waals surface area (Å²) in [6, 6.07) is 0. The van der Waals surface area contributed by atoms with Crippen LogP contribution in [0, 0.1) is 5.92 Å². The Morgan fingerprint density at radius 1 is 1.29 bits per heavy atom. The zero-order valence-corrected chi connectivity index (χ0v) is 12.2. The monoisotopic (exact) mass is 240 g/mol. The Bertz CT molecular complexity index is 205. The Hall–Kier alpha value is -0.0800. The Morgan fingerprint density at radius 3 is 2.59 bits per heavy atom. The first-order chi connectivity index (χ1) is 8.22. The molecule has 0 heterocycles. The van der Waals surface area contributed by atoms with Crippen LogP contribution in [0.4, 0.5) is 0 Å². The van der Waals surface area contributed by atoms with E-state index in [1.807, 2.05) is 0 Å². The minimum Gasteiger partial charge on any atom is -0.329 e. The van der Waals surface area contributed by atoms with Gasteiger partial charge in [0.2, 0.25) is 0 Å². The Morgan fingerprint density at radius 2 is 2.06 bits per heavy atom. The van der Waals surface area contributed by atoms with E-state index in [0.29, 0.717) is 5.54 Å². The number of rotatable bonds is 7. The molecular formula is C15H32N2. The van der Waals surface area contributed by atoms with Crippen molar-refractivity contribution >= 4 is 0 Å². The summed E-state index contributed by atoms with van der Waals surface area (Å²) in [7, 11) is 0. The van der Waals surface area contributed by atoms with Crippen LogP contribution in [0.1, 0.15) is 65.7 Å². The molecule has 0 radical (unpaired) electrons. The van der Waals surface area contributed by atoms with Gasteiger partial charge in [0.15, 0.2) is 0 Å². The van der Waals surface area contributed by atoms with Gasteiger partial charge >= 0.3 is 0 Å². The standard InChI is InChI=1S/C15H32N2/c1-4-7-11-17(6-3)15(13-16)10-8-9-14(5-2)12-15/h14H,4-13,16H2,1-3H3. The molecule has 2 nitrogen and oxygen atoms in total. The van der Waals surface area contributed by atoms with Crippen molar-refractivity contribution in [1.82, 2.24) is 4.90 Å². The molecule has 1 aliphatic rings. The van der Waals surface area contributed by atoms with E-state index in [9.17, 15) is 0 Å². The Labute approximate surface area is 108 Å². The second-order valence-corrected chi connectivity index (χ2v) is 5.73. The van der Waals surface area contributed by atoms with Crippen molar-refractivity contribution in [3.63, 3.8) is 0 Å². The van der Waals surface area contributed by atoms with E-state index in [1.54, 1.807) is 0 Å². The molecular weight excluding hydrogens is 208 g/mol. The number of nitrogens with zero attached hydrogens (tertiary/aromatic N) is 1. The van der Waals surface area contributed by atoms with E-state index < -0.39 is 0 Å². The minimum atomic E-state index is 0.322. The van der Waals surface area contributed by atoms with Crippen LogP contribution < -0.4 is 5.73 Å². The van der Waals surface area contributed by atoms with Crippen molar-refractivity contribution in [2.75, 3.05) is 19.6 Å². The van der Waals surface area contributed by atoms with Gasteiger partial charge in [0.05, 0.1) is 0 Å². The summed E-state index contributed by atoms with van der Waals surface area (Å²) in [6.07, 6.45) is 9.37. The summed E-state index contributed by atoms with van der Waals surface area (Å²) in [5, 5.41) is 0. The fraction of sp³-hybridized carbons (Fsp3) is 1.00. The van der Waals surface area contributed by atoms with Crippen LogP contribution in [0.25, 0.3) is 0 Å². The van der Waals surface area contributed by atoms with Gasteiger partial charge in [-0.3, -0.25) is 4.90 Å². The van der Waals surface area contributed by atoms with Crippen molar-refractivity contribution in [2.45, 2.75) is 71.3 Å². The van der Waals surface area contributed by atoms with Gasteiger partial charge in [-0.25, -0.2) is 0 Å². The fourth-order valence-electron chi connectivity index (χ4n) is 3.49. The summed E-state index contributed by atoms with van der Waals surface area (Å²) in [6.45, 7) is 10.1.